The van der Waals surface area contributed by atoms with Gasteiger partial charge < -0.3 is 15.5 Å². The predicted octanol–water partition coefficient (Wildman–Crippen LogP) is 1.66. The number of rotatable bonds is 6. The minimum Gasteiger partial charge on any atom is -0.367 e. The average Bonchev–Trinajstić information content (AvgIpc) is 2.26. The number of anilines is 2. The second kappa shape index (κ2) is 5.95. The van der Waals surface area contributed by atoms with E-state index >= 15 is 0 Å². The molecule has 6 heteroatoms. The fourth-order valence-electron chi connectivity index (χ4n) is 1.85. The van der Waals surface area contributed by atoms with E-state index in [-0.39, 0.29) is 11.2 Å². The highest BCUT2D eigenvalue weighted by Gasteiger charge is 2.19. The molecule has 102 valence electrons. The Morgan fingerprint density at radius 2 is 2.06 bits per heavy atom. The first-order valence-corrected chi connectivity index (χ1v) is 5.93. The van der Waals surface area contributed by atoms with E-state index in [0.29, 0.717) is 12.5 Å². The summed E-state index contributed by atoms with van der Waals surface area (Å²) < 4.78 is 13.5. The summed E-state index contributed by atoms with van der Waals surface area (Å²) in [6.07, 6.45) is 1.17. The number of hydrogen-bond acceptors (Lipinski definition) is 5. The molecule has 0 saturated carbocycles. The van der Waals surface area contributed by atoms with Gasteiger partial charge in [0, 0.05) is 20.1 Å². The second-order valence-corrected chi connectivity index (χ2v) is 5.40. The van der Waals surface area contributed by atoms with E-state index in [1.165, 1.54) is 6.20 Å². The molecule has 0 aliphatic rings. The van der Waals surface area contributed by atoms with Gasteiger partial charge in [-0.2, -0.15) is 4.98 Å². The largest absolute Gasteiger partial charge is 0.367 e. The second-order valence-electron chi connectivity index (χ2n) is 5.40. The van der Waals surface area contributed by atoms with Gasteiger partial charge in [-0.25, -0.2) is 9.37 Å². The maximum atomic E-state index is 13.5. The monoisotopic (exact) mass is 255 g/mol. The minimum atomic E-state index is -0.436. The zero-order chi connectivity index (χ0) is 13.8. The summed E-state index contributed by atoms with van der Waals surface area (Å²) in [5.74, 6) is 0.208. The quantitative estimate of drug-likeness (QED) is 0.809. The Bertz CT molecular complexity index is 392. The number of aromatic nitrogens is 2. The van der Waals surface area contributed by atoms with Gasteiger partial charge in [-0.05, 0) is 19.5 Å². The molecule has 1 heterocycles. The Hall–Kier alpha value is -1.43. The van der Waals surface area contributed by atoms with Crippen LogP contribution in [0.2, 0.25) is 0 Å². The molecule has 0 aliphatic carbocycles. The Balaban J connectivity index is 2.67. The molecule has 0 aliphatic heterocycles. The molecule has 5 nitrogen and oxygen atoms in total. The molecule has 2 N–H and O–H groups in total. The summed E-state index contributed by atoms with van der Waals surface area (Å²) in [5.41, 5.74) is 0.0285. The fraction of sp³-hybridized carbons (Fsp3) is 0.667. The number of halogens is 1. The summed E-state index contributed by atoms with van der Waals surface area (Å²) in [6, 6.07) is 0. The standard InChI is InChI=1S/C12H22FN5/c1-12(2,8-18(4)5)7-16-10-9(13)6-15-11(14-3)17-10/h6H,7-8H2,1-5H3,(H2,14,15,16,17). The molecule has 0 aromatic carbocycles. The average molecular weight is 255 g/mol. The Morgan fingerprint density at radius 3 is 2.61 bits per heavy atom. The minimum absolute atomic E-state index is 0.0285. The van der Waals surface area contributed by atoms with Gasteiger partial charge in [0.1, 0.15) is 0 Å². The molecule has 18 heavy (non-hydrogen) atoms. The zero-order valence-electron chi connectivity index (χ0n) is 11.7. The van der Waals surface area contributed by atoms with Crippen LogP contribution in [0, 0.1) is 11.2 Å². The first-order chi connectivity index (χ1) is 8.34. The highest BCUT2D eigenvalue weighted by molar-refractivity contribution is 5.40. The lowest BCUT2D eigenvalue weighted by Crippen LogP contribution is -2.34. The van der Waals surface area contributed by atoms with Gasteiger partial charge in [0.25, 0.3) is 0 Å². The first kappa shape index (κ1) is 14.6. The maximum absolute atomic E-state index is 13.5. The van der Waals surface area contributed by atoms with Crippen LogP contribution >= 0.6 is 0 Å². The number of hydrogen-bond donors (Lipinski definition) is 2. The van der Waals surface area contributed by atoms with Crippen molar-refractivity contribution in [3.63, 3.8) is 0 Å². The molecule has 0 bridgehead atoms. The van der Waals surface area contributed by atoms with Gasteiger partial charge in [-0.15, -0.1) is 0 Å². The molecular weight excluding hydrogens is 233 g/mol. The Labute approximate surface area is 108 Å². The molecule has 0 amide bonds. The van der Waals surface area contributed by atoms with Crippen molar-refractivity contribution in [3.05, 3.63) is 12.0 Å². The van der Waals surface area contributed by atoms with E-state index in [1.807, 2.05) is 14.1 Å². The van der Waals surface area contributed by atoms with Crippen LogP contribution < -0.4 is 10.6 Å². The zero-order valence-corrected chi connectivity index (χ0v) is 11.7. The lowest BCUT2D eigenvalue weighted by Gasteiger charge is -2.28. The smallest absolute Gasteiger partial charge is 0.224 e. The number of nitrogens with one attached hydrogen (secondary N) is 2. The maximum Gasteiger partial charge on any atom is 0.224 e. The van der Waals surface area contributed by atoms with Crippen LogP contribution in [-0.2, 0) is 0 Å². The summed E-state index contributed by atoms with van der Waals surface area (Å²) >= 11 is 0. The van der Waals surface area contributed by atoms with Crippen LogP contribution in [0.5, 0.6) is 0 Å². The van der Waals surface area contributed by atoms with Gasteiger partial charge in [0.05, 0.1) is 6.20 Å². The molecule has 0 radical (unpaired) electrons. The van der Waals surface area contributed by atoms with Crippen LogP contribution in [0.3, 0.4) is 0 Å². The molecular formula is C12H22FN5. The van der Waals surface area contributed by atoms with Crippen LogP contribution in [-0.4, -0.2) is 49.1 Å². The third-order valence-electron chi connectivity index (χ3n) is 2.45. The molecule has 0 atom stereocenters. The van der Waals surface area contributed by atoms with E-state index in [1.54, 1.807) is 7.05 Å². The van der Waals surface area contributed by atoms with Crippen LogP contribution in [0.1, 0.15) is 13.8 Å². The Morgan fingerprint density at radius 1 is 1.39 bits per heavy atom. The molecule has 1 rings (SSSR count). The first-order valence-electron chi connectivity index (χ1n) is 5.93. The predicted molar refractivity (Wildman–Crippen MR) is 72.4 cm³/mol. The SMILES string of the molecule is CNc1ncc(F)c(NCC(C)(C)CN(C)C)n1. The van der Waals surface area contributed by atoms with Crippen LogP contribution in [0.4, 0.5) is 16.2 Å². The Kier molecular flexibility index (Phi) is 4.84. The third-order valence-corrected chi connectivity index (χ3v) is 2.45. The lowest BCUT2D eigenvalue weighted by atomic mass is 9.93. The van der Waals surface area contributed by atoms with Gasteiger partial charge in [0.15, 0.2) is 11.6 Å². The van der Waals surface area contributed by atoms with Gasteiger partial charge in [-0.1, -0.05) is 13.8 Å². The third kappa shape index (κ3) is 4.44. The highest BCUT2D eigenvalue weighted by atomic mass is 19.1. The van der Waals surface area contributed by atoms with E-state index in [9.17, 15) is 4.39 Å². The van der Waals surface area contributed by atoms with Gasteiger partial charge >= 0.3 is 0 Å². The molecule has 1 aromatic rings. The van der Waals surface area contributed by atoms with Gasteiger partial charge in [-0.3, -0.25) is 0 Å². The summed E-state index contributed by atoms with van der Waals surface area (Å²) in [4.78, 5) is 9.96. The van der Waals surface area contributed by atoms with Crippen LogP contribution in [0.15, 0.2) is 6.20 Å². The summed E-state index contributed by atoms with van der Waals surface area (Å²) in [7, 11) is 5.74. The van der Waals surface area contributed by atoms with Crippen LogP contribution in [0.25, 0.3) is 0 Å². The van der Waals surface area contributed by atoms with Crippen molar-refractivity contribution < 1.29 is 4.39 Å². The van der Waals surface area contributed by atoms with Crippen molar-refractivity contribution in [2.45, 2.75) is 13.8 Å². The van der Waals surface area contributed by atoms with Crippen molar-refractivity contribution in [2.75, 3.05) is 44.9 Å². The molecule has 0 spiro atoms. The van der Waals surface area contributed by atoms with E-state index in [2.05, 4.69) is 39.3 Å². The van der Waals surface area contributed by atoms with Gasteiger partial charge in [0.2, 0.25) is 5.95 Å². The van der Waals surface area contributed by atoms with E-state index in [0.717, 1.165) is 6.54 Å². The van der Waals surface area contributed by atoms with Crippen molar-refractivity contribution in [3.8, 4) is 0 Å². The molecule has 0 saturated heterocycles. The van der Waals surface area contributed by atoms with E-state index in [4.69, 9.17) is 0 Å². The molecule has 1 aromatic heterocycles. The van der Waals surface area contributed by atoms with Crippen molar-refractivity contribution >= 4 is 11.8 Å². The number of nitrogens with zero attached hydrogens (tertiary/aromatic N) is 3. The summed E-state index contributed by atoms with van der Waals surface area (Å²) in [6.45, 7) is 5.80. The normalized spacial score (nSPS) is 11.7. The van der Waals surface area contributed by atoms with Crippen molar-refractivity contribution in [1.82, 2.24) is 14.9 Å². The van der Waals surface area contributed by atoms with Crippen molar-refractivity contribution in [1.29, 1.82) is 0 Å². The highest BCUT2D eigenvalue weighted by Crippen LogP contribution is 2.18. The molecule has 0 fully saturated rings. The molecule has 0 unspecified atom stereocenters. The van der Waals surface area contributed by atoms with Crippen molar-refractivity contribution in [2.24, 2.45) is 5.41 Å². The fourth-order valence-corrected chi connectivity index (χ4v) is 1.85. The topological polar surface area (TPSA) is 53.1 Å². The summed E-state index contributed by atoms with van der Waals surface area (Å²) in [5, 5.41) is 5.83. The lowest BCUT2D eigenvalue weighted by molar-refractivity contribution is 0.254. The van der Waals surface area contributed by atoms with E-state index < -0.39 is 5.82 Å².